The molecule has 1 aromatic carbocycles. The van der Waals surface area contributed by atoms with Crippen molar-refractivity contribution in [3.05, 3.63) is 28.8 Å². The molecule has 1 aliphatic rings. The van der Waals surface area contributed by atoms with E-state index in [1.54, 1.807) is 25.1 Å². The third-order valence-corrected chi connectivity index (χ3v) is 6.40. The average Bonchev–Trinajstić information content (AvgIpc) is 2.51. The summed E-state index contributed by atoms with van der Waals surface area (Å²) < 4.78 is 27.4. The number of aliphatic hydroxyl groups is 1. The molecular weight excluding hydrogens is 336 g/mol. The summed E-state index contributed by atoms with van der Waals surface area (Å²) in [5, 5.41) is 9.63. The average molecular weight is 361 g/mol. The van der Waals surface area contributed by atoms with E-state index < -0.39 is 10.0 Å². The number of halogens is 1. The Bertz CT molecular complexity index is 602. The van der Waals surface area contributed by atoms with E-state index in [-0.39, 0.29) is 22.6 Å². The lowest BCUT2D eigenvalue weighted by Gasteiger charge is -2.34. The van der Waals surface area contributed by atoms with Crippen molar-refractivity contribution in [1.82, 2.24) is 9.62 Å². The van der Waals surface area contributed by atoms with Gasteiger partial charge < -0.3 is 5.11 Å². The van der Waals surface area contributed by atoms with Gasteiger partial charge in [0.2, 0.25) is 10.0 Å². The van der Waals surface area contributed by atoms with Crippen LogP contribution in [0.4, 0.5) is 0 Å². The fourth-order valence-corrected chi connectivity index (χ4v) is 4.98. The van der Waals surface area contributed by atoms with Crippen LogP contribution in [0.2, 0.25) is 5.02 Å². The molecule has 5 nitrogen and oxygen atoms in total. The number of aryl methyl sites for hydroxylation is 1. The van der Waals surface area contributed by atoms with Crippen molar-refractivity contribution >= 4 is 21.6 Å². The summed E-state index contributed by atoms with van der Waals surface area (Å²) in [4.78, 5) is 2.41. The molecule has 0 bridgehead atoms. The standard InChI is InChI=1S/C16H25ClN2O3S/c1-13-6-4-8-15(17)16(13)23(21,22)18-9-5-11-19-10-3-2-7-14(19)12-20/h4,6,8,14,18,20H,2-3,5,7,9-12H2,1H3/t14-/m1/s1. The van der Waals surface area contributed by atoms with Crippen molar-refractivity contribution in [2.24, 2.45) is 0 Å². The Morgan fingerprint density at radius 2 is 2.17 bits per heavy atom. The first kappa shape index (κ1) is 18.7. The highest BCUT2D eigenvalue weighted by Crippen LogP contribution is 2.24. The molecule has 1 fully saturated rings. The second-order valence-corrected chi connectivity index (χ2v) is 8.12. The van der Waals surface area contributed by atoms with Crippen LogP contribution < -0.4 is 4.72 Å². The molecule has 2 rings (SSSR count). The molecule has 1 atom stereocenters. The molecule has 1 saturated heterocycles. The summed E-state index contributed by atoms with van der Waals surface area (Å²) in [6, 6.07) is 5.27. The summed E-state index contributed by atoms with van der Waals surface area (Å²) in [5.74, 6) is 0. The van der Waals surface area contributed by atoms with Gasteiger partial charge in [0.15, 0.2) is 0 Å². The van der Waals surface area contributed by atoms with Crippen LogP contribution in [-0.2, 0) is 10.0 Å². The Kier molecular flexibility index (Phi) is 6.85. The van der Waals surface area contributed by atoms with Crippen LogP contribution in [0.3, 0.4) is 0 Å². The Labute approximate surface area is 143 Å². The minimum absolute atomic E-state index is 0.160. The molecule has 2 N–H and O–H groups in total. The number of likely N-dealkylation sites (tertiary alicyclic amines) is 1. The van der Waals surface area contributed by atoms with Crippen LogP contribution in [0.1, 0.15) is 31.2 Å². The minimum Gasteiger partial charge on any atom is -0.395 e. The van der Waals surface area contributed by atoms with Crippen LogP contribution >= 0.6 is 11.6 Å². The van der Waals surface area contributed by atoms with Gasteiger partial charge in [0.25, 0.3) is 0 Å². The number of nitrogens with zero attached hydrogens (tertiary/aromatic N) is 1. The van der Waals surface area contributed by atoms with Gasteiger partial charge in [0, 0.05) is 12.6 Å². The summed E-state index contributed by atoms with van der Waals surface area (Å²) in [7, 11) is -3.59. The Morgan fingerprint density at radius 1 is 1.39 bits per heavy atom. The lowest BCUT2D eigenvalue weighted by atomic mass is 10.0. The van der Waals surface area contributed by atoms with Crippen molar-refractivity contribution in [1.29, 1.82) is 0 Å². The van der Waals surface area contributed by atoms with Gasteiger partial charge in [0.05, 0.1) is 11.6 Å². The Balaban J connectivity index is 1.88. The number of rotatable bonds is 7. The van der Waals surface area contributed by atoms with E-state index in [0.29, 0.717) is 18.5 Å². The third kappa shape index (κ3) is 4.90. The summed E-state index contributed by atoms with van der Waals surface area (Å²) >= 11 is 6.03. The maximum atomic E-state index is 12.4. The fourth-order valence-electron chi connectivity index (χ4n) is 3.08. The van der Waals surface area contributed by atoms with Crippen LogP contribution in [0.25, 0.3) is 0 Å². The highest BCUT2D eigenvalue weighted by atomic mass is 35.5. The highest BCUT2D eigenvalue weighted by Gasteiger charge is 2.22. The molecule has 0 saturated carbocycles. The molecule has 0 unspecified atom stereocenters. The fraction of sp³-hybridized carbons (Fsp3) is 0.625. The number of aliphatic hydroxyl groups excluding tert-OH is 1. The van der Waals surface area contributed by atoms with Gasteiger partial charge in [-0.05, 0) is 50.9 Å². The van der Waals surface area contributed by atoms with E-state index in [2.05, 4.69) is 9.62 Å². The predicted octanol–water partition coefficient (Wildman–Crippen LogP) is 2.16. The lowest BCUT2D eigenvalue weighted by molar-refractivity contribution is 0.0896. The maximum absolute atomic E-state index is 12.4. The first-order chi connectivity index (χ1) is 11.0. The molecule has 0 radical (unpaired) electrons. The van der Waals surface area contributed by atoms with E-state index in [9.17, 15) is 13.5 Å². The van der Waals surface area contributed by atoms with Gasteiger partial charge in [-0.15, -0.1) is 0 Å². The van der Waals surface area contributed by atoms with Crippen molar-refractivity contribution in [3.8, 4) is 0 Å². The zero-order valence-corrected chi connectivity index (χ0v) is 15.0. The third-order valence-electron chi connectivity index (χ3n) is 4.31. The van der Waals surface area contributed by atoms with Crippen LogP contribution in [0.15, 0.2) is 23.1 Å². The van der Waals surface area contributed by atoms with Crippen molar-refractivity contribution in [3.63, 3.8) is 0 Å². The quantitative estimate of drug-likeness (QED) is 0.731. The first-order valence-electron chi connectivity index (χ1n) is 8.05. The first-order valence-corrected chi connectivity index (χ1v) is 9.91. The number of sulfonamides is 1. The number of hydrogen-bond acceptors (Lipinski definition) is 4. The highest BCUT2D eigenvalue weighted by molar-refractivity contribution is 7.89. The normalized spacial score (nSPS) is 19.9. The zero-order valence-electron chi connectivity index (χ0n) is 13.5. The molecule has 1 heterocycles. The largest absolute Gasteiger partial charge is 0.395 e. The second-order valence-electron chi connectivity index (χ2n) is 6.01. The second kappa shape index (κ2) is 8.44. The Morgan fingerprint density at radius 3 is 2.87 bits per heavy atom. The van der Waals surface area contributed by atoms with Gasteiger partial charge in [0.1, 0.15) is 4.90 Å². The molecule has 130 valence electrons. The molecular formula is C16H25ClN2O3S. The van der Waals surface area contributed by atoms with Crippen molar-refractivity contribution in [2.75, 3.05) is 26.2 Å². The summed E-state index contributed by atoms with van der Waals surface area (Å²) in [6.45, 7) is 4.03. The van der Waals surface area contributed by atoms with E-state index in [1.165, 1.54) is 0 Å². The van der Waals surface area contributed by atoms with E-state index >= 15 is 0 Å². The SMILES string of the molecule is Cc1cccc(Cl)c1S(=O)(=O)NCCCN1CCCC[C@@H]1CO. The van der Waals surface area contributed by atoms with Gasteiger partial charge in [-0.25, -0.2) is 13.1 Å². The molecule has 0 spiro atoms. The zero-order chi connectivity index (χ0) is 16.9. The minimum atomic E-state index is -3.59. The molecule has 1 aromatic rings. The molecule has 1 aliphatic heterocycles. The molecule has 0 amide bonds. The van der Waals surface area contributed by atoms with Crippen LogP contribution in [0.5, 0.6) is 0 Å². The molecule has 0 aromatic heterocycles. The maximum Gasteiger partial charge on any atom is 0.242 e. The van der Waals surface area contributed by atoms with Crippen LogP contribution in [-0.4, -0.2) is 50.7 Å². The van der Waals surface area contributed by atoms with Crippen LogP contribution in [0, 0.1) is 6.92 Å². The number of nitrogens with one attached hydrogen (secondary N) is 1. The monoisotopic (exact) mass is 360 g/mol. The topological polar surface area (TPSA) is 69.6 Å². The van der Waals surface area contributed by atoms with Crippen molar-refractivity contribution in [2.45, 2.75) is 43.5 Å². The van der Waals surface area contributed by atoms with Gasteiger partial charge >= 0.3 is 0 Å². The van der Waals surface area contributed by atoms with Gasteiger partial charge in [-0.3, -0.25) is 4.90 Å². The number of benzene rings is 1. The predicted molar refractivity (Wildman–Crippen MR) is 92.3 cm³/mol. The number of hydrogen-bond donors (Lipinski definition) is 2. The number of piperidine rings is 1. The summed E-state index contributed by atoms with van der Waals surface area (Å²) in [6.07, 6.45) is 4.02. The summed E-state index contributed by atoms with van der Waals surface area (Å²) in [5.41, 5.74) is 0.640. The Hall–Kier alpha value is -0.660. The lowest BCUT2D eigenvalue weighted by Crippen LogP contribution is -2.43. The van der Waals surface area contributed by atoms with E-state index in [1.807, 2.05) is 0 Å². The van der Waals surface area contributed by atoms with Crippen molar-refractivity contribution < 1.29 is 13.5 Å². The van der Waals surface area contributed by atoms with Gasteiger partial charge in [-0.2, -0.15) is 0 Å². The van der Waals surface area contributed by atoms with E-state index in [4.69, 9.17) is 11.6 Å². The van der Waals surface area contributed by atoms with Gasteiger partial charge in [-0.1, -0.05) is 30.2 Å². The van der Waals surface area contributed by atoms with E-state index in [0.717, 1.165) is 32.4 Å². The smallest absolute Gasteiger partial charge is 0.242 e. The molecule has 7 heteroatoms. The molecule has 0 aliphatic carbocycles. The molecule has 23 heavy (non-hydrogen) atoms.